The van der Waals surface area contributed by atoms with E-state index in [0.717, 1.165) is 5.56 Å². The number of benzene rings is 2. The fourth-order valence-electron chi connectivity index (χ4n) is 1.84. The molecule has 0 aliphatic carbocycles. The van der Waals surface area contributed by atoms with Crippen LogP contribution in [0.15, 0.2) is 42.5 Å². The number of hydrogen-bond donors (Lipinski definition) is 1. The lowest BCUT2D eigenvalue weighted by Gasteiger charge is -2.15. The van der Waals surface area contributed by atoms with Gasteiger partial charge < -0.3 is 5.32 Å². The molecule has 2 aromatic carbocycles. The van der Waals surface area contributed by atoms with Crippen LogP contribution in [0.25, 0.3) is 0 Å². The van der Waals surface area contributed by atoms with Crippen molar-refractivity contribution in [1.82, 2.24) is 5.32 Å². The number of rotatable bonds is 4. The normalized spacial score (nSPS) is 12.4. The molecule has 1 N–H and O–H groups in total. The van der Waals surface area contributed by atoms with E-state index in [-0.39, 0.29) is 11.9 Å². The molecule has 2 aromatic rings. The minimum atomic E-state index is -0.254. The number of nitrogens with one attached hydrogen (secondary N) is 1. The van der Waals surface area contributed by atoms with Gasteiger partial charge in [0.25, 0.3) is 0 Å². The smallest absolute Gasteiger partial charge is 0.127 e. The molecule has 100 valence electrons. The molecular formula is C15H14Cl2FN. The maximum atomic E-state index is 13.6. The van der Waals surface area contributed by atoms with Gasteiger partial charge in [-0.05, 0) is 42.8 Å². The van der Waals surface area contributed by atoms with Gasteiger partial charge in [-0.3, -0.25) is 0 Å². The van der Waals surface area contributed by atoms with Crippen LogP contribution < -0.4 is 5.32 Å². The molecule has 0 heterocycles. The van der Waals surface area contributed by atoms with Crippen LogP contribution in [0.1, 0.15) is 24.1 Å². The fraction of sp³-hybridized carbons (Fsp3) is 0.200. The monoisotopic (exact) mass is 297 g/mol. The summed E-state index contributed by atoms with van der Waals surface area (Å²) in [6, 6.07) is 12.2. The average Bonchev–Trinajstić information content (AvgIpc) is 2.39. The van der Waals surface area contributed by atoms with Crippen LogP contribution in [0.5, 0.6) is 0 Å². The van der Waals surface area contributed by atoms with Crippen molar-refractivity contribution in [2.24, 2.45) is 0 Å². The molecule has 1 atom stereocenters. The molecule has 0 aliphatic rings. The first-order chi connectivity index (χ1) is 9.06. The second kappa shape index (κ2) is 6.38. The molecule has 4 heteroatoms. The van der Waals surface area contributed by atoms with Crippen LogP contribution in [-0.4, -0.2) is 0 Å². The topological polar surface area (TPSA) is 12.0 Å². The van der Waals surface area contributed by atoms with Crippen molar-refractivity contribution in [2.45, 2.75) is 19.5 Å². The van der Waals surface area contributed by atoms with Gasteiger partial charge in [0.2, 0.25) is 0 Å². The van der Waals surface area contributed by atoms with Gasteiger partial charge in [0, 0.05) is 28.2 Å². The molecule has 0 aromatic heterocycles. The molecule has 0 aliphatic heterocycles. The van der Waals surface area contributed by atoms with Crippen LogP contribution in [-0.2, 0) is 6.54 Å². The molecule has 0 spiro atoms. The van der Waals surface area contributed by atoms with Crippen LogP contribution in [0.2, 0.25) is 10.0 Å². The van der Waals surface area contributed by atoms with Crippen molar-refractivity contribution in [2.75, 3.05) is 0 Å². The maximum absolute atomic E-state index is 13.6. The summed E-state index contributed by atoms with van der Waals surface area (Å²) in [5.74, 6) is -0.254. The lowest BCUT2D eigenvalue weighted by Crippen LogP contribution is -2.18. The van der Waals surface area contributed by atoms with Crippen LogP contribution in [0, 0.1) is 5.82 Å². The Kier molecular flexibility index (Phi) is 4.81. The highest BCUT2D eigenvalue weighted by atomic mass is 35.5. The van der Waals surface area contributed by atoms with Crippen molar-refractivity contribution in [3.63, 3.8) is 0 Å². The second-order valence-electron chi connectivity index (χ2n) is 4.39. The Bertz CT molecular complexity index is 572. The Hall–Kier alpha value is -1.09. The zero-order chi connectivity index (χ0) is 13.8. The van der Waals surface area contributed by atoms with Gasteiger partial charge in [-0.15, -0.1) is 0 Å². The lowest BCUT2D eigenvalue weighted by molar-refractivity contribution is 0.544. The maximum Gasteiger partial charge on any atom is 0.127 e. The largest absolute Gasteiger partial charge is 0.306 e. The molecule has 0 amide bonds. The van der Waals surface area contributed by atoms with E-state index in [0.29, 0.717) is 22.2 Å². The minimum Gasteiger partial charge on any atom is -0.306 e. The Morgan fingerprint density at radius 3 is 2.58 bits per heavy atom. The highest BCUT2D eigenvalue weighted by molar-refractivity contribution is 6.30. The Balaban J connectivity index is 2.04. The van der Waals surface area contributed by atoms with Gasteiger partial charge in [-0.1, -0.05) is 35.3 Å². The van der Waals surface area contributed by atoms with Gasteiger partial charge in [0.05, 0.1) is 0 Å². The first kappa shape index (κ1) is 14.3. The van der Waals surface area contributed by atoms with Crippen LogP contribution in [0.3, 0.4) is 0 Å². The molecule has 0 saturated carbocycles. The van der Waals surface area contributed by atoms with Crippen molar-refractivity contribution in [1.29, 1.82) is 0 Å². The molecule has 1 nitrogen and oxygen atoms in total. The molecule has 0 radical (unpaired) electrons. The molecule has 0 saturated heterocycles. The summed E-state index contributed by atoms with van der Waals surface area (Å²) >= 11 is 11.8. The van der Waals surface area contributed by atoms with Gasteiger partial charge in [0.15, 0.2) is 0 Å². The summed E-state index contributed by atoms with van der Waals surface area (Å²) in [7, 11) is 0. The van der Waals surface area contributed by atoms with E-state index in [1.165, 1.54) is 6.07 Å². The summed E-state index contributed by atoms with van der Waals surface area (Å²) in [6.07, 6.45) is 0. The Labute approximate surface area is 122 Å². The number of halogens is 3. The summed E-state index contributed by atoms with van der Waals surface area (Å²) in [6.45, 7) is 2.42. The van der Waals surface area contributed by atoms with Gasteiger partial charge in [0.1, 0.15) is 5.82 Å². The summed E-state index contributed by atoms with van der Waals surface area (Å²) in [5, 5.41) is 4.48. The van der Waals surface area contributed by atoms with E-state index in [1.807, 2.05) is 31.2 Å². The Morgan fingerprint density at radius 1 is 1.11 bits per heavy atom. The van der Waals surface area contributed by atoms with Crippen molar-refractivity contribution < 1.29 is 4.39 Å². The highest BCUT2D eigenvalue weighted by Crippen LogP contribution is 2.19. The van der Waals surface area contributed by atoms with Gasteiger partial charge >= 0.3 is 0 Å². The standard InChI is InChI=1S/C15H14Cl2FN/c1-10(11-3-2-4-13(16)7-11)19-9-12-8-14(17)5-6-15(12)18/h2-8,10,19H,9H2,1H3. The zero-order valence-electron chi connectivity index (χ0n) is 10.5. The summed E-state index contributed by atoms with van der Waals surface area (Å²) in [4.78, 5) is 0. The quantitative estimate of drug-likeness (QED) is 0.839. The highest BCUT2D eigenvalue weighted by Gasteiger charge is 2.08. The molecule has 1 unspecified atom stereocenters. The average molecular weight is 298 g/mol. The third-order valence-corrected chi connectivity index (χ3v) is 3.43. The summed E-state index contributed by atoms with van der Waals surface area (Å²) < 4.78 is 13.6. The molecule has 0 bridgehead atoms. The first-order valence-electron chi connectivity index (χ1n) is 5.99. The Morgan fingerprint density at radius 2 is 1.84 bits per heavy atom. The SMILES string of the molecule is CC(NCc1cc(Cl)ccc1F)c1cccc(Cl)c1. The van der Waals surface area contributed by atoms with E-state index in [2.05, 4.69) is 5.32 Å². The van der Waals surface area contributed by atoms with Gasteiger partial charge in [-0.25, -0.2) is 4.39 Å². The van der Waals surface area contributed by atoms with Crippen molar-refractivity contribution in [3.8, 4) is 0 Å². The lowest BCUT2D eigenvalue weighted by atomic mass is 10.1. The fourth-order valence-corrected chi connectivity index (χ4v) is 2.23. The molecular weight excluding hydrogens is 284 g/mol. The second-order valence-corrected chi connectivity index (χ2v) is 5.27. The van der Waals surface area contributed by atoms with E-state index in [9.17, 15) is 4.39 Å². The van der Waals surface area contributed by atoms with Crippen molar-refractivity contribution >= 4 is 23.2 Å². The number of hydrogen-bond acceptors (Lipinski definition) is 1. The molecule has 2 rings (SSSR count). The zero-order valence-corrected chi connectivity index (χ0v) is 12.0. The third-order valence-electron chi connectivity index (χ3n) is 2.96. The van der Waals surface area contributed by atoms with E-state index in [1.54, 1.807) is 12.1 Å². The van der Waals surface area contributed by atoms with Crippen molar-refractivity contribution in [3.05, 3.63) is 69.5 Å². The van der Waals surface area contributed by atoms with Crippen LogP contribution in [0.4, 0.5) is 4.39 Å². The van der Waals surface area contributed by atoms with Crippen LogP contribution >= 0.6 is 23.2 Å². The molecule has 19 heavy (non-hydrogen) atoms. The van der Waals surface area contributed by atoms with E-state index < -0.39 is 0 Å². The predicted molar refractivity (Wildman–Crippen MR) is 78.1 cm³/mol. The van der Waals surface area contributed by atoms with E-state index in [4.69, 9.17) is 23.2 Å². The summed E-state index contributed by atoms with van der Waals surface area (Å²) in [5.41, 5.74) is 1.62. The first-order valence-corrected chi connectivity index (χ1v) is 6.74. The molecule has 0 fully saturated rings. The minimum absolute atomic E-state index is 0.0806. The predicted octanol–water partition coefficient (Wildman–Crippen LogP) is 4.98. The third kappa shape index (κ3) is 3.93. The van der Waals surface area contributed by atoms with E-state index >= 15 is 0 Å². The van der Waals surface area contributed by atoms with Gasteiger partial charge in [-0.2, -0.15) is 0 Å².